The van der Waals surface area contributed by atoms with Crippen LogP contribution in [0.25, 0.3) is 5.69 Å². The van der Waals surface area contributed by atoms with Crippen molar-refractivity contribution in [3.63, 3.8) is 0 Å². The standard InChI is InChI=1S/C25H24N6O3S/c1-2-34-22-15-9-8-14-21(22)31-25(28-29-30-31)35-17-23(32)27-20-13-7-6-12-19(20)24(33)26-16-18-10-4-3-5-11-18/h3-15H,2,16-17H2,1H3,(H,26,33)(H,27,32). The van der Waals surface area contributed by atoms with E-state index in [1.165, 1.54) is 16.4 Å². The number of benzene rings is 3. The Labute approximate surface area is 206 Å². The van der Waals surface area contributed by atoms with Crippen molar-refractivity contribution in [2.45, 2.75) is 18.6 Å². The number of hydrogen-bond acceptors (Lipinski definition) is 7. The Morgan fingerprint density at radius 3 is 2.54 bits per heavy atom. The third-order valence-electron chi connectivity index (χ3n) is 4.91. The molecule has 4 aromatic rings. The van der Waals surface area contributed by atoms with E-state index in [-0.39, 0.29) is 17.6 Å². The minimum Gasteiger partial charge on any atom is -0.492 e. The van der Waals surface area contributed by atoms with Crippen LogP contribution in [0, 0.1) is 0 Å². The fourth-order valence-electron chi connectivity index (χ4n) is 3.31. The number of hydrogen-bond donors (Lipinski definition) is 2. The second-order valence-electron chi connectivity index (χ2n) is 7.32. The number of thioether (sulfide) groups is 1. The molecule has 178 valence electrons. The summed E-state index contributed by atoms with van der Waals surface area (Å²) in [5.41, 5.74) is 2.49. The largest absolute Gasteiger partial charge is 0.492 e. The highest BCUT2D eigenvalue weighted by atomic mass is 32.2. The molecule has 3 aromatic carbocycles. The Balaban J connectivity index is 1.39. The molecule has 1 heterocycles. The highest BCUT2D eigenvalue weighted by molar-refractivity contribution is 7.99. The molecule has 35 heavy (non-hydrogen) atoms. The average Bonchev–Trinajstić information content (AvgIpc) is 3.36. The first-order valence-electron chi connectivity index (χ1n) is 11.0. The second kappa shape index (κ2) is 11.8. The molecule has 0 spiro atoms. The number of aromatic nitrogens is 4. The molecule has 9 nitrogen and oxygen atoms in total. The van der Waals surface area contributed by atoms with Crippen molar-refractivity contribution in [3.8, 4) is 11.4 Å². The van der Waals surface area contributed by atoms with Gasteiger partial charge >= 0.3 is 0 Å². The fourth-order valence-corrected chi connectivity index (χ4v) is 3.99. The summed E-state index contributed by atoms with van der Waals surface area (Å²) < 4.78 is 7.20. The van der Waals surface area contributed by atoms with Crippen molar-refractivity contribution < 1.29 is 14.3 Å². The molecule has 10 heteroatoms. The SMILES string of the molecule is CCOc1ccccc1-n1nnnc1SCC(=O)Nc1ccccc1C(=O)NCc1ccccc1. The molecular weight excluding hydrogens is 464 g/mol. The molecule has 0 atom stereocenters. The van der Waals surface area contributed by atoms with Gasteiger partial charge in [0, 0.05) is 6.54 Å². The monoisotopic (exact) mass is 488 g/mol. The predicted molar refractivity (Wildman–Crippen MR) is 134 cm³/mol. The van der Waals surface area contributed by atoms with Gasteiger partial charge in [-0.25, -0.2) is 0 Å². The van der Waals surface area contributed by atoms with Crippen LogP contribution in [0.15, 0.2) is 84.0 Å². The molecule has 0 aliphatic carbocycles. The van der Waals surface area contributed by atoms with Gasteiger partial charge in [0.1, 0.15) is 11.4 Å². The maximum Gasteiger partial charge on any atom is 0.253 e. The highest BCUT2D eigenvalue weighted by Gasteiger charge is 2.17. The van der Waals surface area contributed by atoms with Gasteiger partial charge in [0.25, 0.3) is 5.91 Å². The second-order valence-corrected chi connectivity index (χ2v) is 8.27. The first kappa shape index (κ1) is 24.0. The molecule has 4 rings (SSSR count). The van der Waals surface area contributed by atoms with Crippen LogP contribution in [-0.2, 0) is 11.3 Å². The fraction of sp³-hybridized carbons (Fsp3) is 0.160. The smallest absolute Gasteiger partial charge is 0.253 e. The lowest BCUT2D eigenvalue weighted by atomic mass is 10.1. The maximum atomic E-state index is 12.7. The van der Waals surface area contributed by atoms with Crippen LogP contribution in [0.4, 0.5) is 5.69 Å². The average molecular weight is 489 g/mol. The van der Waals surface area contributed by atoms with Gasteiger partial charge in [-0.05, 0) is 47.2 Å². The van der Waals surface area contributed by atoms with E-state index in [0.717, 1.165) is 5.56 Å². The number of tetrazole rings is 1. The summed E-state index contributed by atoms with van der Waals surface area (Å²) >= 11 is 1.18. The zero-order chi connectivity index (χ0) is 24.5. The van der Waals surface area contributed by atoms with Crippen LogP contribution in [0.1, 0.15) is 22.8 Å². The molecule has 0 saturated carbocycles. The van der Waals surface area contributed by atoms with Crippen molar-refractivity contribution >= 4 is 29.3 Å². The van der Waals surface area contributed by atoms with Crippen molar-refractivity contribution in [3.05, 3.63) is 90.0 Å². The molecule has 0 aliphatic rings. The van der Waals surface area contributed by atoms with E-state index in [1.807, 2.05) is 61.5 Å². The number of rotatable bonds is 10. The lowest BCUT2D eigenvalue weighted by molar-refractivity contribution is -0.113. The number of anilines is 1. The lowest BCUT2D eigenvalue weighted by Crippen LogP contribution is -2.25. The van der Waals surface area contributed by atoms with Crippen molar-refractivity contribution in [1.82, 2.24) is 25.5 Å². The Morgan fingerprint density at radius 2 is 1.71 bits per heavy atom. The molecular formula is C25H24N6O3S. The van der Waals surface area contributed by atoms with Crippen LogP contribution in [0.3, 0.4) is 0 Å². The minimum absolute atomic E-state index is 0.0527. The summed E-state index contributed by atoms with van der Waals surface area (Å²) in [4.78, 5) is 25.5. The van der Waals surface area contributed by atoms with Crippen LogP contribution in [0.5, 0.6) is 5.75 Å². The van der Waals surface area contributed by atoms with Gasteiger partial charge in [0.05, 0.1) is 23.6 Å². The summed E-state index contributed by atoms with van der Waals surface area (Å²) in [5, 5.41) is 18.0. The van der Waals surface area contributed by atoms with Gasteiger partial charge in [-0.3, -0.25) is 9.59 Å². The van der Waals surface area contributed by atoms with E-state index in [4.69, 9.17) is 4.74 Å². The van der Waals surface area contributed by atoms with Crippen molar-refractivity contribution in [1.29, 1.82) is 0 Å². The summed E-state index contributed by atoms with van der Waals surface area (Å²) in [5.74, 6) is 0.140. The molecule has 1 aromatic heterocycles. The Bertz CT molecular complexity index is 1300. The maximum absolute atomic E-state index is 12.7. The van der Waals surface area contributed by atoms with Gasteiger partial charge in [0.2, 0.25) is 11.1 Å². The molecule has 0 aliphatic heterocycles. The molecule has 2 amide bonds. The number of para-hydroxylation sites is 3. The van der Waals surface area contributed by atoms with Crippen LogP contribution < -0.4 is 15.4 Å². The normalized spacial score (nSPS) is 10.5. The molecule has 0 fully saturated rings. The minimum atomic E-state index is -0.286. The van der Waals surface area contributed by atoms with Crippen LogP contribution >= 0.6 is 11.8 Å². The summed E-state index contributed by atoms with van der Waals surface area (Å²) in [6.45, 7) is 2.79. The van der Waals surface area contributed by atoms with Crippen molar-refractivity contribution in [2.24, 2.45) is 0 Å². The third kappa shape index (κ3) is 6.24. The molecule has 0 bridgehead atoms. The topological polar surface area (TPSA) is 111 Å². The van der Waals surface area contributed by atoms with Gasteiger partial charge in [-0.15, -0.1) is 5.10 Å². The first-order chi connectivity index (χ1) is 17.2. The molecule has 2 N–H and O–H groups in total. The number of amides is 2. The van der Waals surface area contributed by atoms with E-state index in [2.05, 4.69) is 26.2 Å². The molecule has 0 radical (unpaired) electrons. The Morgan fingerprint density at radius 1 is 0.971 bits per heavy atom. The third-order valence-corrected chi connectivity index (χ3v) is 5.83. The number of carbonyl (C=O) groups excluding carboxylic acids is 2. The van der Waals surface area contributed by atoms with E-state index in [9.17, 15) is 9.59 Å². The van der Waals surface area contributed by atoms with Crippen LogP contribution in [-0.4, -0.2) is 44.4 Å². The number of ether oxygens (including phenoxy) is 1. The van der Waals surface area contributed by atoms with Gasteiger partial charge in [-0.1, -0.05) is 66.4 Å². The van der Waals surface area contributed by atoms with E-state index >= 15 is 0 Å². The van der Waals surface area contributed by atoms with E-state index in [0.29, 0.717) is 41.0 Å². The number of nitrogens with zero attached hydrogens (tertiary/aromatic N) is 4. The predicted octanol–water partition coefficient (Wildman–Crippen LogP) is 3.72. The summed E-state index contributed by atoms with van der Waals surface area (Å²) in [7, 11) is 0. The summed E-state index contributed by atoms with van der Waals surface area (Å²) in [6.07, 6.45) is 0. The van der Waals surface area contributed by atoms with Gasteiger partial charge in [-0.2, -0.15) is 4.68 Å². The zero-order valence-corrected chi connectivity index (χ0v) is 19.9. The molecule has 0 saturated heterocycles. The zero-order valence-electron chi connectivity index (χ0n) is 19.0. The van der Waals surface area contributed by atoms with Crippen LogP contribution in [0.2, 0.25) is 0 Å². The van der Waals surface area contributed by atoms with Gasteiger partial charge < -0.3 is 15.4 Å². The highest BCUT2D eigenvalue weighted by Crippen LogP contribution is 2.26. The Hall–Kier alpha value is -4.18. The quantitative estimate of drug-likeness (QED) is 0.327. The molecule has 0 unspecified atom stereocenters. The van der Waals surface area contributed by atoms with Crippen molar-refractivity contribution in [2.75, 3.05) is 17.7 Å². The number of carbonyl (C=O) groups is 2. The van der Waals surface area contributed by atoms with E-state index < -0.39 is 0 Å². The number of nitrogens with one attached hydrogen (secondary N) is 2. The van der Waals surface area contributed by atoms with Gasteiger partial charge in [0.15, 0.2) is 0 Å². The van der Waals surface area contributed by atoms with E-state index in [1.54, 1.807) is 24.3 Å². The first-order valence-corrected chi connectivity index (χ1v) is 12.0. The lowest BCUT2D eigenvalue weighted by Gasteiger charge is -2.12. The Kier molecular flexibility index (Phi) is 8.08. The summed E-state index contributed by atoms with van der Waals surface area (Å²) in [6, 6.07) is 23.9.